The Kier molecular flexibility index (Phi) is 7.41. The third-order valence-corrected chi connectivity index (χ3v) is 3.61. The van der Waals surface area contributed by atoms with E-state index in [0.29, 0.717) is 0 Å². The summed E-state index contributed by atoms with van der Waals surface area (Å²) in [6, 6.07) is 0. The van der Waals surface area contributed by atoms with Crippen LogP contribution in [0.5, 0.6) is 0 Å². The Balaban J connectivity index is 2.64. The van der Waals surface area contributed by atoms with Crippen molar-refractivity contribution in [3.05, 3.63) is 36.5 Å². The van der Waals surface area contributed by atoms with E-state index in [1.54, 1.807) is 6.08 Å². The maximum atomic E-state index is 9.86. The maximum Gasteiger partial charge on any atom is 0.187 e. The number of rotatable bonds is 7. The molecule has 22 heavy (non-hydrogen) atoms. The van der Waals surface area contributed by atoms with Crippen molar-refractivity contribution in [2.24, 2.45) is 5.92 Å². The van der Waals surface area contributed by atoms with Gasteiger partial charge in [0.25, 0.3) is 0 Å². The Morgan fingerprint density at radius 2 is 1.86 bits per heavy atom. The second kappa shape index (κ2) is 8.57. The summed E-state index contributed by atoms with van der Waals surface area (Å²) < 4.78 is 10.7. The summed E-state index contributed by atoms with van der Waals surface area (Å²) in [5, 5.41) is 38.3. The summed E-state index contributed by atoms with van der Waals surface area (Å²) in [6.07, 6.45) is -2.60. The van der Waals surface area contributed by atoms with Gasteiger partial charge in [-0.25, -0.2) is 0 Å². The number of hydrogen-bond donors (Lipinski definition) is 4. The summed E-state index contributed by atoms with van der Waals surface area (Å²) in [4.78, 5) is 0. The molecule has 6 atom stereocenters. The fraction of sp³-hybridized carbons (Fsp3) is 0.625. The number of aliphatic hydroxyl groups is 4. The highest BCUT2D eigenvalue weighted by Crippen LogP contribution is 2.22. The first-order valence-corrected chi connectivity index (χ1v) is 7.19. The van der Waals surface area contributed by atoms with Crippen LogP contribution in [0.1, 0.15) is 13.8 Å². The van der Waals surface area contributed by atoms with Gasteiger partial charge in [0.15, 0.2) is 6.29 Å². The van der Waals surface area contributed by atoms with Gasteiger partial charge in [0.2, 0.25) is 0 Å². The van der Waals surface area contributed by atoms with Crippen LogP contribution < -0.4 is 0 Å². The van der Waals surface area contributed by atoms with E-state index in [4.69, 9.17) is 14.6 Å². The Bertz CT molecular complexity index is 417. The lowest BCUT2D eigenvalue weighted by molar-refractivity contribution is -0.299. The fourth-order valence-electron chi connectivity index (χ4n) is 2.18. The minimum Gasteiger partial charge on any atom is -0.394 e. The van der Waals surface area contributed by atoms with Gasteiger partial charge in [-0.1, -0.05) is 29.9 Å². The molecule has 0 radical (unpaired) electrons. The molecule has 1 rings (SSSR count). The van der Waals surface area contributed by atoms with E-state index < -0.39 is 37.3 Å². The van der Waals surface area contributed by atoms with E-state index in [0.717, 1.165) is 11.1 Å². The van der Waals surface area contributed by atoms with Gasteiger partial charge >= 0.3 is 0 Å². The first-order chi connectivity index (χ1) is 10.3. The highest BCUT2D eigenvalue weighted by Gasteiger charge is 2.43. The third-order valence-electron chi connectivity index (χ3n) is 3.61. The van der Waals surface area contributed by atoms with Crippen LogP contribution in [-0.4, -0.2) is 64.3 Å². The Morgan fingerprint density at radius 1 is 1.23 bits per heavy atom. The van der Waals surface area contributed by atoms with Crippen molar-refractivity contribution >= 4 is 0 Å². The van der Waals surface area contributed by atoms with Crippen LogP contribution in [0.3, 0.4) is 0 Å². The molecule has 6 nitrogen and oxygen atoms in total. The molecule has 0 saturated carbocycles. The zero-order valence-electron chi connectivity index (χ0n) is 13.1. The van der Waals surface area contributed by atoms with Crippen molar-refractivity contribution in [1.29, 1.82) is 0 Å². The van der Waals surface area contributed by atoms with Gasteiger partial charge in [-0.2, -0.15) is 0 Å². The van der Waals surface area contributed by atoms with Gasteiger partial charge in [-0.3, -0.25) is 0 Å². The molecule has 0 aliphatic carbocycles. The zero-order chi connectivity index (χ0) is 16.9. The molecule has 0 bridgehead atoms. The lowest BCUT2D eigenvalue weighted by atomic mass is 9.99. The molecule has 0 aromatic heterocycles. The molecule has 0 aromatic rings. The quantitative estimate of drug-likeness (QED) is 0.499. The molecule has 0 spiro atoms. The van der Waals surface area contributed by atoms with Crippen LogP contribution in [0, 0.1) is 5.92 Å². The Hall–Kier alpha value is -1.02. The van der Waals surface area contributed by atoms with E-state index in [-0.39, 0.29) is 12.5 Å². The Morgan fingerprint density at radius 3 is 2.36 bits per heavy atom. The van der Waals surface area contributed by atoms with Crippen molar-refractivity contribution in [2.75, 3.05) is 13.2 Å². The second-order valence-corrected chi connectivity index (χ2v) is 5.63. The molecule has 4 N–H and O–H groups in total. The van der Waals surface area contributed by atoms with Gasteiger partial charge in [0, 0.05) is 5.92 Å². The molecule has 126 valence electrons. The Labute approximate surface area is 131 Å². The van der Waals surface area contributed by atoms with Crippen molar-refractivity contribution in [3.63, 3.8) is 0 Å². The normalized spacial score (nSPS) is 34.3. The van der Waals surface area contributed by atoms with Gasteiger partial charge < -0.3 is 29.9 Å². The monoisotopic (exact) mass is 314 g/mol. The van der Waals surface area contributed by atoms with Gasteiger partial charge in [0.1, 0.15) is 24.4 Å². The van der Waals surface area contributed by atoms with Gasteiger partial charge in [-0.15, -0.1) is 6.58 Å². The molecule has 1 heterocycles. The average Bonchev–Trinajstić information content (AvgIpc) is 2.49. The lowest BCUT2D eigenvalue weighted by Gasteiger charge is -2.39. The minimum absolute atomic E-state index is 0.0263. The van der Waals surface area contributed by atoms with E-state index >= 15 is 0 Å². The summed E-state index contributed by atoms with van der Waals surface area (Å²) in [6.45, 7) is 11.0. The van der Waals surface area contributed by atoms with Gasteiger partial charge in [-0.05, 0) is 13.8 Å². The zero-order valence-corrected chi connectivity index (χ0v) is 13.1. The summed E-state index contributed by atoms with van der Waals surface area (Å²) in [7, 11) is 0. The van der Waals surface area contributed by atoms with Crippen molar-refractivity contribution in [3.8, 4) is 0 Å². The first kappa shape index (κ1) is 19.0. The highest BCUT2D eigenvalue weighted by atomic mass is 16.7. The van der Waals surface area contributed by atoms with Crippen LogP contribution in [0.4, 0.5) is 0 Å². The predicted octanol–water partition coefficient (Wildman–Crippen LogP) is 0.127. The first-order valence-electron chi connectivity index (χ1n) is 7.19. The SMILES string of the molecule is C=C[C@H](/C=C(\C)CO[C@@H]1O[C@H](CO)[C@@H](O)[C@H](O)[C@H]1O)C(=C)C. The number of hydrogen-bond acceptors (Lipinski definition) is 6. The van der Waals surface area contributed by atoms with Crippen LogP contribution >= 0.6 is 0 Å². The maximum absolute atomic E-state index is 9.86. The molecule has 1 fully saturated rings. The third kappa shape index (κ3) is 4.74. The van der Waals surface area contributed by atoms with E-state index in [1.165, 1.54) is 0 Å². The smallest absolute Gasteiger partial charge is 0.187 e. The van der Waals surface area contributed by atoms with Crippen molar-refractivity contribution in [2.45, 2.75) is 44.6 Å². The van der Waals surface area contributed by atoms with Crippen LogP contribution in [0.15, 0.2) is 36.5 Å². The van der Waals surface area contributed by atoms with Gasteiger partial charge in [0.05, 0.1) is 13.2 Å². The average molecular weight is 314 g/mol. The van der Waals surface area contributed by atoms with E-state index in [2.05, 4.69) is 13.2 Å². The second-order valence-electron chi connectivity index (χ2n) is 5.63. The predicted molar refractivity (Wildman–Crippen MR) is 82.0 cm³/mol. The van der Waals surface area contributed by atoms with E-state index in [9.17, 15) is 15.3 Å². The number of ether oxygens (including phenoxy) is 2. The van der Waals surface area contributed by atoms with Crippen LogP contribution in [0.25, 0.3) is 0 Å². The largest absolute Gasteiger partial charge is 0.394 e. The summed E-state index contributed by atoms with van der Waals surface area (Å²) in [5.41, 5.74) is 1.83. The molecule has 1 saturated heterocycles. The van der Waals surface area contributed by atoms with E-state index in [1.807, 2.05) is 19.9 Å². The number of allylic oxidation sites excluding steroid dienone is 3. The van der Waals surface area contributed by atoms with Crippen molar-refractivity contribution < 1.29 is 29.9 Å². The molecule has 1 aliphatic rings. The fourth-order valence-corrected chi connectivity index (χ4v) is 2.18. The summed E-state index contributed by atoms with van der Waals surface area (Å²) in [5.74, 6) is 0.0263. The molecule has 0 aromatic carbocycles. The highest BCUT2D eigenvalue weighted by molar-refractivity contribution is 5.17. The standard InChI is InChI=1S/C16H26O6/c1-5-11(9(2)3)6-10(4)8-21-16-15(20)14(19)13(18)12(7-17)22-16/h5-6,11-20H,1-2,7-8H2,3-4H3/b10-6+/t11-,12-,13-,14+,15-,16-/m1/s1. The minimum atomic E-state index is -1.43. The molecular formula is C16H26O6. The van der Waals surface area contributed by atoms with Crippen LogP contribution in [-0.2, 0) is 9.47 Å². The molecule has 0 amide bonds. The molecule has 1 aliphatic heterocycles. The van der Waals surface area contributed by atoms with Crippen molar-refractivity contribution in [1.82, 2.24) is 0 Å². The number of aliphatic hydroxyl groups excluding tert-OH is 4. The lowest BCUT2D eigenvalue weighted by Crippen LogP contribution is -2.59. The molecule has 0 unspecified atom stereocenters. The van der Waals surface area contributed by atoms with Crippen LogP contribution in [0.2, 0.25) is 0 Å². The molecule has 6 heteroatoms. The molecular weight excluding hydrogens is 288 g/mol. The topological polar surface area (TPSA) is 99.4 Å². The summed E-state index contributed by atoms with van der Waals surface area (Å²) >= 11 is 0.